The minimum Gasteiger partial charge on any atom is -0.784 e. The number of hydrogen-bond donors (Lipinski definition) is 2. The molecule has 0 aromatic rings. The predicted molar refractivity (Wildman–Crippen MR) is 22.6 cm³/mol. The van der Waals surface area contributed by atoms with Crippen LogP contribution in [0.25, 0.3) is 0 Å². The summed E-state index contributed by atoms with van der Waals surface area (Å²) in [6.45, 7) is 0. The fraction of sp³-hybridized carbons (Fsp3) is 0. The molecule has 8 heteroatoms. The minimum atomic E-state index is -4.16. The van der Waals surface area contributed by atoms with Gasteiger partial charge in [0.25, 0.3) is 0 Å². The summed E-state index contributed by atoms with van der Waals surface area (Å²) in [6, 6.07) is 0. The fourth-order valence-corrected chi connectivity index (χ4v) is 0. The molecule has 0 unspecified atom stereocenters. The molecule has 0 rings (SSSR count). The average molecular weight is 390 g/mol. The summed E-state index contributed by atoms with van der Waals surface area (Å²) in [5, 5.41) is 4.38. The van der Waals surface area contributed by atoms with Gasteiger partial charge in [-0.05, 0) is 0 Å². The maximum Gasteiger partial charge on any atom is 3.00 e. The molecular formula is H3AuCuNO3S2+3. The third-order valence-electron chi connectivity index (χ3n) is 0.129. The van der Waals surface area contributed by atoms with Gasteiger partial charge in [-0.1, -0.05) is 0 Å². The molecule has 0 fully saturated rings. The standard InChI is InChI=1S/Au.Cu.H5NO3S2/c;;1-5-6(2,3)4/h;;5H,1H2,(H2,2,3,4)/q+3;+2;/p-2. The first-order valence-corrected chi connectivity index (χ1v) is 3.92. The zero-order chi connectivity index (χ0) is 5.21. The molecule has 0 aromatic carbocycles. The third kappa shape index (κ3) is 15.6. The van der Waals surface area contributed by atoms with E-state index in [0.717, 1.165) is 0 Å². The topological polar surface area (TPSA) is 89.2 Å². The summed E-state index contributed by atoms with van der Waals surface area (Å²) in [5.74, 6) is 0. The summed E-state index contributed by atoms with van der Waals surface area (Å²) >= 11 is 0. The van der Waals surface area contributed by atoms with Crippen LogP contribution >= 0.6 is 0 Å². The Morgan fingerprint density at radius 2 is 1.62 bits per heavy atom. The van der Waals surface area contributed by atoms with Gasteiger partial charge in [-0.3, -0.25) is 9.35 Å². The van der Waals surface area contributed by atoms with Gasteiger partial charge >= 0.3 is 39.4 Å². The van der Waals surface area contributed by atoms with Gasteiger partial charge in [-0.25, -0.2) is 0 Å². The van der Waals surface area contributed by atoms with Crippen LogP contribution in [0.5, 0.6) is 0 Å². The normalized spacial score (nSPS) is 8.88. The Bertz CT molecular complexity index is 130. The van der Waals surface area contributed by atoms with Gasteiger partial charge in [0.05, 0.1) is 0 Å². The molecule has 57 valence electrons. The van der Waals surface area contributed by atoms with Gasteiger partial charge in [0.15, 0.2) is 0 Å². The largest absolute Gasteiger partial charge is 3.00 e. The molecular weight excluding hydrogens is 387 g/mol. The van der Waals surface area contributed by atoms with Crippen LogP contribution in [0, 0.1) is 0 Å². The van der Waals surface area contributed by atoms with Crippen LogP contribution in [-0.4, -0.2) is 13.3 Å². The van der Waals surface area contributed by atoms with Gasteiger partial charge in [-0.15, -0.1) is 19.6 Å². The second-order valence-corrected chi connectivity index (χ2v) is 3.57. The maximum absolute atomic E-state index is 9.31. The monoisotopic (exact) mass is 389 g/mol. The Morgan fingerprint density at radius 3 is 1.62 bits per heavy atom. The molecule has 0 aliphatic carbocycles. The molecule has 4 nitrogen and oxygen atoms in total. The van der Waals surface area contributed by atoms with E-state index in [1.165, 1.54) is 0 Å². The van der Waals surface area contributed by atoms with E-state index in [1.807, 2.05) is 0 Å². The summed E-state index contributed by atoms with van der Waals surface area (Å²) in [5.41, 5.74) is 0. The molecule has 2 N–H and O–H groups in total. The molecule has 1 radical (unpaired) electrons. The van der Waals surface area contributed by atoms with Gasteiger partial charge in [0.2, 0.25) is 0 Å². The van der Waals surface area contributed by atoms with E-state index in [-0.39, 0.29) is 39.4 Å². The third-order valence-corrected chi connectivity index (χ3v) is 1.16. The summed E-state index contributed by atoms with van der Waals surface area (Å²) in [7, 11) is -4.77. The smallest absolute Gasteiger partial charge is 0.784 e. The zero-order valence-corrected chi connectivity index (χ0v) is 8.08. The van der Waals surface area contributed by atoms with Crippen molar-refractivity contribution < 1.29 is 52.8 Å². The molecule has 0 saturated carbocycles. The fourth-order valence-electron chi connectivity index (χ4n) is 0. The van der Waals surface area contributed by atoms with Crippen LogP contribution in [0.1, 0.15) is 0 Å². The molecule has 8 heavy (non-hydrogen) atoms. The van der Waals surface area contributed by atoms with Crippen LogP contribution in [0.15, 0.2) is 0 Å². The van der Waals surface area contributed by atoms with Crippen LogP contribution in [-0.2, 0) is 59.0 Å². The zero-order valence-electron chi connectivity index (χ0n) is 3.26. The van der Waals surface area contributed by atoms with Crippen molar-refractivity contribution >= 4 is 19.6 Å². The predicted octanol–water partition coefficient (Wildman–Crippen LogP) is -1.87. The van der Waals surface area contributed by atoms with Crippen LogP contribution in [0.3, 0.4) is 0 Å². The average Bonchev–Trinajstić information content (AvgIpc) is 1.35. The van der Waals surface area contributed by atoms with Crippen LogP contribution < -0.4 is 5.14 Å². The number of rotatable bonds is 0. The number of thiol groups is 1. The second-order valence-electron chi connectivity index (χ2n) is 0.533. The first kappa shape index (κ1) is 16.3. The van der Waals surface area contributed by atoms with Gasteiger partial charge in [0.1, 0.15) is 0 Å². The van der Waals surface area contributed by atoms with E-state index in [0.29, 0.717) is 0 Å². The van der Waals surface area contributed by atoms with Crippen molar-refractivity contribution in [2.75, 3.05) is 0 Å². The second kappa shape index (κ2) is 6.76. The van der Waals surface area contributed by atoms with Crippen molar-refractivity contribution in [3.8, 4) is 0 Å². The molecule has 0 saturated heterocycles. The quantitative estimate of drug-likeness (QED) is 0.375. The molecule has 0 aliphatic rings. The summed E-state index contributed by atoms with van der Waals surface area (Å²) < 4.78 is 27.9. The van der Waals surface area contributed by atoms with E-state index in [4.69, 9.17) is 0 Å². The van der Waals surface area contributed by atoms with Gasteiger partial charge in [0, 0.05) is 0 Å². The van der Waals surface area contributed by atoms with Crippen molar-refractivity contribution in [2.45, 2.75) is 0 Å². The van der Waals surface area contributed by atoms with E-state index < -0.39 is 19.6 Å². The first-order chi connectivity index (χ1) is 2.56. The maximum atomic E-state index is 9.31. The summed E-state index contributed by atoms with van der Waals surface area (Å²) in [6.07, 6.45) is 0. The van der Waals surface area contributed by atoms with E-state index in [9.17, 15) is 13.3 Å². The summed E-state index contributed by atoms with van der Waals surface area (Å²) in [4.78, 5) is 0. The van der Waals surface area contributed by atoms with E-state index in [1.54, 1.807) is 0 Å². The molecule has 0 heterocycles. The Labute approximate surface area is 77.0 Å². The van der Waals surface area contributed by atoms with Crippen molar-refractivity contribution in [3.05, 3.63) is 0 Å². The van der Waals surface area contributed by atoms with Crippen LogP contribution in [0.2, 0.25) is 0 Å². The minimum absolute atomic E-state index is 0. The molecule has 0 aromatic heterocycles. The Morgan fingerprint density at radius 1 is 1.50 bits per heavy atom. The molecule has 0 spiro atoms. The number of hydrogen-bond acceptors (Lipinski definition) is 3. The van der Waals surface area contributed by atoms with Gasteiger partial charge < -0.3 is 9.11 Å². The van der Waals surface area contributed by atoms with E-state index in [2.05, 4.69) is 5.14 Å². The van der Waals surface area contributed by atoms with Crippen molar-refractivity contribution in [1.29, 1.82) is 0 Å². The Balaban J connectivity index is -0.000000125. The Kier molecular flexibility index (Phi) is 13.8. The number of nitrogens with two attached hydrogens (primary N) is 1. The van der Waals surface area contributed by atoms with Gasteiger partial charge in [-0.2, -0.15) is 0 Å². The Hall–Kier alpha value is 1.64. The molecule has 0 bridgehead atoms. The van der Waals surface area contributed by atoms with Crippen LogP contribution in [0.4, 0.5) is 0 Å². The SMILES string of the molecule is N[SH]=S(=O)([O-])[O-].[Au+3].[Cu+2]. The molecule has 0 aliphatic heterocycles. The van der Waals surface area contributed by atoms with Crippen molar-refractivity contribution in [1.82, 2.24) is 0 Å². The first-order valence-electron chi connectivity index (χ1n) is 0.941. The molecule has 0 atom stereocenters. The van der Waals surface area contributed by atoms with Crippen molar-refractivity contribution in [2.24, 2.45) is 5.14 Å². The van der Waals surface area contributed by atoms with E-state index >= 15 is 0 Å². The van der Waals surface area contributed by atoms with Crippen molar-refractivity contribution in [3.63, 3.8) is 0 Å². The molecule has 0 amide bonds.